The van der Waals surface area contributed by atoms with Gasteiger partial charge in [0.25, 0.3) is 5.91 Å². The third-order valence-electron chi connectivity index (χ3n) is 4.86. The van der Waals surface area contributed by atoms with Crippen LogP contribution in [0.5, 0.6) is 5.75 Å². The zero-order valence-corrected chi connectivity index (χ0v) is 19.7. The molecule has 2 heterocycles. The highest BCUT2D eigenvalue weighted by molar-refractivity contribution is 8.16. The van der Waals surface area contributed by atoms with Gasteiger partial charge in [-0.15, -0.1) is 23.5 Å². The van der Waals surface area contributed by atoms with E-state index in [-0.39, 0.29) is 24.6 Å². The number of nitrogens with one attached hydrogen (secondary N) is 1. The Hall–Kier alpha value is -1.54. The molecule has 2 aliphatic rings. The number of likely N-dealkylation sites (tertiary alicyclic amines) is 1. The zero-order chi connectivity index (χ0) is 21.6. The van der Waals surface area contributed by atoms with E-state index in [1.54, 1.807) is 4.90 Å². The molecule has 1 aromatic rings. The number of nitrogens with zero attached hydrogens (tertiary/aromatic N) is 1. The number of rotatable bonds is 5. The summed E-state index contributed by atoms with van der Waals surface area (Å²) in [6.45, 7) is 6.75. The Bertz CT molecular complexity index is 707. The minimum atomic E-state index is -0.494. The van der Waals surface area contributed by atoms with Crippen LogP contribution in [0.4, 0.5) is 4.79 Å². The van der Waals surface area contributed by atoms with E-state index >= 15 is 0 Å². The Labute approximate surface area is 187 Å². The molecule has 166 valence electrons. The minimum Gasteiger partial charge on any atom is -0.484 e. The molecule has 6 nitrogen and oxygen atoms in total. The first-order chi connectivity index (χ1) is 14.3. The molecule has 0 aliphatic carbocycles. The predicted molar refractivity (Wildman–Crippen MR) is 123 cm³/mol. The lowest BCUT2D eigenvalue weighted by Gasteiger charge is -2.33. The van der Waals surface area contributed by atoms with Gasteiger partial charge >= 0.3 is 6.09 Å². The normalized spacial score (nSPS) is 18.7. The summed E-state index contributed by atoms with van der Waals surface area (Å²) in [5.41, 5.74) is 0.810. The molecule has 2 amide bonds. The molecular formula is C22H32N2O4S2. The topological polar surface area (TPSA) is 67.9 Å². The molecule has 0 saturated carbocycles. The Morgan fingerprint density at radius 3 is 2.33 bits per heavy atom. The van der Waals surface area contributed by atoms with Crippen LogP contribution in [-0.2, 0) is 9.53 Å². The van der Waals surface area contributed by atoms with Gasteiger partial charge in [-0.25, -0.2) is 4.79 Å². The van der Waals surface area contributed by atoms with E-state index in [0.717, 1.165) is 12.8 Å². The first kappa shape index (κ1) is 23.1. The van der Waals surface area contributed by atoms with Crippen LogP contribution < -0.4 is 10.1 Å². The minimum absolute atomic E-state index is 0.00143. The molecule has 3 rings (SSSR count). The van der Waals surface area contributed by atoms with Gasteiger partial charge < -0.3 is 19.7 Å². The van der Waals surface area contributed by atoms with Gasteiger partial charge in [0.1, 0.15) is 11.4 Å². The average Bonchev–Trinajstić information content (AvgIpc) is 2.72. The summed E-state index contributed by atoms with van der Waals surface area (Å²) in [5, 5.41) is 3.01. The largest absolute Gasteiger partial charge is 0.484 e. The molecule has 2 aliphatic heterocycles. The zero-order valence-electron chi connectivity index (χ0n) is 18.0. The number of hydrogen-bond acceptors (Lipinski definition) is 6. The summed E-state index contributed by atoms with van der Waals surface area (Å²) < 4.78 is 11.6. The molecule has 0 unspecified atom stereocenters. The van der Waals surface area contributed by atoms with E-state index in [0.29, 0.717) is 23.4 Å². The molecule has 2 saturated heterocycles. The predicted octanol–water partition coefficient (Wildman–Crippen LogP) is 4.45. The van der Waals surface area contributed by atoms with Gasteiger partial charge in [-0.2, -0.15) is 0 Å². The van der Waals surface area contributed by atoms with Gasteiger partial charge in [0.2, 0.25) is 0 Å². The van der Waals surface area contributed by atoms with Crippen molar-refractivity contribution < 1.29 is 19.1 Å². The standard InChI is InChI=1S/C22H32N2O4S2/c1-22(2,3)28-21(26)24-11-9-17(10-12-24)23-19(25)15-27-18-7-5-16(6-8-18)20-29-13-4-14-30-20/h5-8,17,20H,4,9-15H2,1-3H3,(H,23,25). The number of amides is 2. The second-order valence-corrected chi connectivity index (χ2v) is 11.3. The number of thioether (sulfide) groups is 2. The number of benzene rings is 1. The summed E-state index contributed by atoms with van der Waals surface area (Å²) in [7, 11) is 0. The van der Waals surface area contributed by atoms with Crippen molar-refractivity contribution in [3.05, 3.63) is 29.8 Å². The number of hydrogen-bond donors (Lipinski definition) is 1. The van der Waals surface area contributed by atoms with Gasteiger partial charge in [0.05, 0.1) is 4.58 Å². The van der Waals surface area contributed by atoms with Crippen LogP contribution in [0.1, 0.15) is 50.2 Å². The van der Waals surface area contributed by atoms with Crippen LogP contribution >= 0.6 is 23.5 Å². The lowest BCUT2D eigenvalue weighted by atomic mass is 10.1. The van der Waals surface area contributed by atoms with E-state index in [2.05, 4.69) is 17.4 Å². The van der Waals surface area contributed by atoms with Crippen molar-refractivity contribution >= 4 is 35.5 Å². The smallest absolute Gasteiger partial charge is 0.410 e. The second kappa shape index (κ2) is 10.7. The van der Waals surface area contributed by atoms with E-state index < -0.39 is 5.60 Å². The maximum Gasteiger partial charge on any atom is 0.410 e. The van der Waals surface area contributed by atoms with E-state index in [1.165, 1.54) is 23.5 Å². The summed E-state index contributed by atoms with van der Waals surface area (Å²) in [6, 6.07) is 8.13. The fraction of sp³-hybridized carbons (Fsp3) is 0.636. The monoisotopic (exact) mass is 452 g/mol. The third-order valence-corrected chi connectivity index (χ3v) is 7.88. The molecule has 0 radical (unpaired) electrons. The average molecular weight is 453 g/mol. The van der Waals surface area contributed by atoms with Crippen molar-refractivity contribution in [2.75, 3.05) is 31.2 Å². The SMILES string of the molecule is CC(C)(C)OC(=O)N1CCC(NC(=O)COc2ccc(C3SCCCS3)cc2)CC1. The molecule has 8 heteroatoms. The molecule has 0 bridgehead atoms. The van der Waals surface area contributed by atoms with Crippen molar-refractivity contribution in [2.24, 2.45) is 0 Å². The summed E-state index contributed by atoms with van der Waals surface area (Å²) in [5.74, 6) is 3.01. The Balaban J connectivity index is 1.36. The van der Waals surface area contributed by atoms with Crippen molar-refractivity contribution in [3.63, 3.8) is 0 Å². The molecule has 30 heavy (non-hydrogen) atoms. The second-order valence-electron chi connectivity index (χ2n) is 8.59. The van der Waals surface area contributed by atoms with Gasteiger partial charge in [0, 0.05) is 19.1 Å². The summed E-state index contributed by atoms with van der Waals surface area (Å²) >= 11 is 3.98. The quantitative estimate of drug-likeness (QED) is 0.712. The number of carbonyl (C=O) groups excluding carboxylic acids is 2. The number of carbonyl (C=O) groups is 2. The number of ether oxygens (including phenoxy) is 2. The highest BCUT2D eigenvalue weighted by Gasteiger charge is 2.27. The highest BCUT2D eigenvalue weighted by Crippen LogP contribution is 2.43. The lowest BCUT2D eigenvalue weighted by molar-refractivity contribution is -0.124. The van der Waals surface area contributed by atoms with Gasteiger partial charge in [-0.3, -0.25) is 4.79 Å². The van der Waals surface area contributed by atoms with Crippen LogP contribution in [0.15, 0.2) is 24.3 Å². The van der Waals surface area contributed by atoms with Gasteiger partial charge in [-0.05, 0) is 69.2 Å². The Morgan fingerprint density at radius 2 is 1.73 bits per heavy atom. The maximum absolute atomic E-state index is 12.3. The third kappa shape index (κ3) is 7.30. The van der Waals surface area contributed by atoms with Crippen LogP contribution in [-0.4, -0.2) is 59.7 Å². The van der Waals surface area contributed by atoms with Crippen molar-refractivity contribution in [1.29, 1.82) is 0 Å². The van der Waals surface area contributed by atoms with Crippen molar-refractivity contribution in [1.82, 2.24) is 10.2 Å². The lowest BCUT2D eigenvalue weighted by Crippen LogP contribution is -2.48. The van der Waals surface area contributed by atoms with Gasteiger partial charge in [0.15, 0.2) is 6.61 Å². The Kier molecular flexibility index (Phi) is 8.22. The Morgan fingerprint density at radius 1 is 1.10 bits per heavy atom. The molecular weight excluding hydrogens is 420 g/mol. The number of piperidine rings is 1. The molecule has 1 aromatic carbocycles. The van der Waals surface area contributed by atoms with Gasteiger partial charge in [-0.1, -0.05) is 12.1 Å². The first-order valence-corrected chi connectivity index (χ1v) is 12.6. The molecule has 0 atom stereocenters. The summed E-state index contributed by atoms with van der Waals surface area (Å²) in [6.07, 6.45) is 2.43. The van der Waals surface area contributed by atoms with Crippen molar-refractivity contribution in [3.8, 4) is 5.75 Å². The van der Waals surface area contributed by atoms with E-state index in [9.17, 15) is 9.59 Å². The van der Waals surface area contributed by atoms with Crippen molar-refractivity contribution in [2.45, 2.75) is 56.3 Å². The summed E-state index contributed by atoms with van der Waals surface area (Å²) in [4.78, 5) is 26.1. The van der Waals surface area contributed by atoms with Crippen LogP contribution in [0, 0.1) is 0 Å². The van der Waals surface area contributed by atoms with Crippen LogP contribution in [0.25, 0.3) is 0 Å². The molecule has 2 fully saturated rings. The molecule has 0 spiro atoms. The van der Waals surface area contributed by atoms with E-state index in [1.807, 2.05) is 56.4 Å². The maximum atomic E-state index is 12.3. The first-order valence-electron chi connectivity index (χ1n) is 10.5. The van der Waals surface area contributed by atoms with Crippen LogP contribution in [0.2, 0.25) is 0 Å². The fourth-order valence-corrected chi connectivity index (χ4v) is 6.25. The molecule has 0 aromatic heterocycles. The highest BCUT2D eigenvalue weighted by atomic mass is 32.2. The molecule has 1 N–H and O–H groups in total. The van der Waals surface area contributed by atoms with E-state index in [4.69, 9.17) is 9.47 Å². The fourth-order valence-electron chi connectivity index (χ4n) is 3.35. The van der Waals surface area contributed by atoms with Crippen LogP contribution in [0.3, 0.4) is 0 Å².